The molecule has 2 rings (SSSR count). The summed E-state index contributed by atoms with van der Waals surface area (Å²) in [5.41, 5.74) is 0. The molecular formula is C17H26O5S. The predicted octanol–water partition coefficient (Wildman–Crippen LogP) is 2.91. The molecule has 0 radical (unpaired) electrons. The van der Waals surface area contributed by atoms with Gasteiger partial charge in [0.1, 0.15) is 5.78 Å². The van der Waals surface area contributed by atoms with Crippen LogP contribution in [0.5, 0.6) is 0 Å². The molecule has 0 aromatic rings. The van der Waals surface area contributed by atoms with E-state index in [0.717, 1.165) is 19.3 Å². The van der Waals surface area contributed by atoms with Crippen molar-refractivity contribution in [3.8, 4) is 0 Å². The zero-order chi connectivity index (χ0) is 17.0. The van der Waals surface area contributed by atoms with E-state index in [2.05, 4.69) is 4.74 Å². The fraction of sp³-hybridized carbons (Fsp3) is 0.824. The van der Waals surface area contributed by atoms with Crippen LogP contribution in [0.4, 0.5) is 0 Å². The molecule has 5 nitrogen and oxygen atoms in total. The molecule has 5 unspecified atom stereocenters. The summed E-state index contributed by atoms with van der Waals surface area (Å²) in [7, 11) is 1.37. The molecule has 0 aromatic carbocycles. The third-order valence-electron chi connectivity index (χ3n) is 5.20. The van der Waals surface area contributed by atoms with Crippen LogP contribution < -0.4 is 0 Å². The Bertz CT molecular complexity index is 464. The van der Waals surface area contributed by atoms with Crippen LogP contribution >= 0.6 is 11.8 Å². The average Bonchev–Trinajstić information content (AvgIpc) is 3.12. The molecule has 2 aliphatic rings. The van der Waals surface area contributed by atoms with Gasteiger partial charge in [0.05, 0.1) is 12.4 Å². The van der Waals surface area contributed by atoms with Gasteiger partial charge in [-0.3, -0.25) is 14.4 Å². The fourth-order valence-electron chi connectivity index (χ4n) is 4.01. The molecule has 0 aliphatic heterocycles. The number of hydrogen-bond acceptors (Lipinski definition) is 5. The molecule has 1 N–H and O–H groups in total. The number of carbonyl (C=O) groups is 3. The lowest BCUT2D eigenvalue weighted by Crippen LogP contribution is -2.34. The summed E-state index contributed by atoms with van der Waals surface area (Å²) in [5.74, 6) is 0.168. The first-order valence-corrected chi connectivity index (χ1v) is 9.36. The van der Waals surface area contributed by atoms with Crippen molar-refractivity contribution >= 4 is 29.5 Å². The first-order chi connectivity index (χ1) is 10.9. The zero-order valence-corrected chi connectivity index (χ0v) is 14.6. The summed E-state index contributed by atoms with van der Waals surface area (Å²) in [5, 5.41) is 8.83. The topological polar surface area (TPSA) is 80.7 Å². The third-order valence-corrected chi connectivity index (χ3v) is 6.81. The number of carbonyl (C=O) groups excluding carboxylic acids is 2. The molecule has 2 aliphatic carbocycles. The molecular weight excluding hydrogens is 316 g/mol. The SMILES string of the molecule is COC(=O)CCCCC(=O)C1C2CCC(C2)C1SC(C)C(=O)O. The van der Waals surface area contributed by atoms with Crippen LogP contribution in [0.3, 0.4) is 0 Å². The van der Waals surface area contributed by atoms with E-state index in [4.69, 9.17) is 5.11 Å². The van der Waals surface area contributed by atoms with Crippen LogP contribution in [0.2, 0.25) is 0 Å². The summed E-state index contributed by atoms with van der Waals surface area (Å²) in [4.78, 5) is 34.8. The van der Waals surface area contributed by atoms with Crippen molar-refractivity contribution in [1.82, 2.24) is 0 Å². The van der Waals surface area contributed by atoms with E-state index in [1.165, 1.54) is 18.9 Å². The summed E-state index contributed by atoms with van der Waals surface area (Å²) in [6.45, 7) is 1.71. The van der Waals surface area contributed by atoms with Gasteiger partial charge in [-0.25, -0.2) is 0 Å². The number of Topliss-reactive ketones (excluding diaryl/α,β-unsaturated/α-hetero) is 1. The summed E-state index contributed by atoms with van der Waals surface area (Å²) in [6, 6.07) is 0. The second-order valence-corrected chi connectivity index (χ2v) is 8.21. The molecule has 2 fully saturated rings. The van der Waals surface area contributed by atoms with E-state index >= 15 is 0 Å². The van der Waals surface area contributed by atoms with Crippen molar-refractivity contribution in [2.75, 3.05) is 7.11 Å². The smallest absolute Gasteiger partial charge is 0.316 e. The number of thioether (sulfide) groups is 1. The minimum atomic E-state index is -0.804. The van der Waals surface area contributed by atoms with Gasteiger partial charge < -0.3 is 9.84 Å². The van der Waals surface area contributed by atoms with E-state index in [0.29, 0.717) is 37.5 Å². The zero-order valence-electron chi connectivity index (χ0n) is 13.8. The minimum absolute atomic E-state index is 0.0127. The number of unbranched alkanes of at least 4 members (excludes halogenated alkanes) is 1. The number of carboxylic acids is 1. The van der Waals surface area contributed by atoms with Gasteiger partial charge in [0.25, 0.3) is 0 Å². The molecule has 0 aromatic heterocycles. The molecule has 2 bridgehead atoms. The van der Waals surface area contributed by atoms with Crippen LogP contribution in [0.1, 0.15) is 51.9 Å². The van der Waals surface area contributed by atoms with E-state index in [1.807, 2.05) is 0 Å². The monoisotopic (exact) mass is 342 g/mol. The largest absolute Gasteiger partial charge is 0.480 e. The number of ketones is 1. The highest BCUT2D eigenvalue weighted by atomic mass is 32.2. The summed E-state index contributed by atoms with van der Waals surface area (Å²) < 4.78 is 4.60. The lowest BCUT2D eigenvalue weighted by molar-refractivity contribution is -0.141. The van der Waals surface area contributed by atoms with Gasteiger partial charge in [-0.2, -0.15) is 0 Å². The maximum absolute atomic E-state index is 12.6. The van der Waals surface area contributed by atoms with Crippen molar-refractivity contribution in [1.29, 1.82) is 0 Å². The number of hydrogen-bond donors (Lipinski definition) is 1. The van der Waals surface area contributed by atoms with Gasteiger partial charge >= 0.3 is 11.9 Å². The van der Waals surface area contributed by atoms with Gasteiger partial charge in [-0.15, -0.1) is 11.8 Å². The molecule has 6 heteroatoms. The molecule has 5 atom stereocenters. The molecule has 23 heavy (non-hydrogen) atoms. The lowest BCUT2D eigenvalue weighted by atomic mass is 9.83. The van der Waals surface area contributed by atoms with Crippen molar-refractivity contribution in [2.24, 2.45) is 17.8 Å². The number of ether oxygens (including phenoxy) is 1. The van der Waals surface area contributed by atoms with Gasteiger partial charge in [0.15, 0.2) is 0 Å². The van der Waals surface area contributed by atoms with Crippen LogP contribution in [0.15, 0.2) is 0 Å². The quantitative estimate of drug-likeness (QED) is 0.512. The first-order valence-electron chi connectivity index (χ1n) is 8.41. The average molecular weight is 342 g/mol. The highest BCUT2D eigenvalue weighted by molar-refractivity contribution is 8.01. The van der Waals surface area contributed by atoms with Crippen molar-refractivity contribution < 1.29 is 24.2 Å². The summed E-state index contributed by atoms with van der Waals surface area (Å²) in [6.07, 6.45) is 5.51. The maximum atomic E-state index is 12.6. The Morgan fingerprint density at radius 3 is 2.48 bits per heavy atom. The fourth-order valence-corrected chi connectivity index (χ4v) is 5.61. The van der Waals surface area contributed by atoms with Crippen molar-refractivity contribution in [3.05, 3.63) is 0 Å². The number of methoxy groups -OCH3 is 1. The second-order valence-electron chi connectivity index (χ2n) is 6.69. The van der Waals surface area contributed by atoms with E-state index < -0.39 is 11.2 Å². The number of esters is 1. The highest BCUT2D eigenvalue weighted by Crippen LogP contribution is 2.54. The molecule has 0 spiro atoms. The van der Waals surface area contributed by atoms with Crippen LogP contribution in [-0.2, 0) is 19.1 Å². The second kappa shape index (κ2) is 8.18. The Balaban J connectivity index is 1.86. The van der Waals surface area contributed by atoms with Crippen LogP contribution in [0.25, 0.3) is 0 Å². The molecule has 0 heterocycles. The van der Waals surface area contributed by atoms with E-state index in [9.17, 15) is 14.4 Å². The Morgan fingerprint density at radius 2 is 1.83 bits per heavy atom. The third kappa shape index (κ3) is 4.49. The first kappa shape index (κ1) is 18.3. The maximum Gasteiger partial charge on any atom is 0.316 e. The standard InChI is InChI=1S/C17H26O5S/c1-10(17(20)21)23-16-12-8-7-11(9-12)15(16)13(18)5-3-4-6-14(19)22-2/h10-12,15-16H,3-9H2,1-2H3,(H,20,21). The van der Waals surface area contributed by atoms with Crippen LogP contribution in [-0.4, -0.2) is 40.4 Å². The Morgan fingerprint density at radius 1 is 1.17 bits per heavy atom. The predicted molar refractivity (Wildman–Crippen MR) is 88.3 cm³/mol. The highest BCUT2D eigenvalue weighted by Gasteiger charge is 2.51. The van der Waals surface area contributed by atoms with Crippen molar-refractivity contribution in [3.63, 3.8) is 0 Å². The Kier molecular flexibility index (Phi) is 6.50. The van der Waals surface area contributed by atoms with Gasteiger partial charge in [0.2, 0.25) is 0 Å². The lowest BCUT2D eigenvalue weighted by Gasteiger charge is -2.30. The molecule has 130 valence electrons. The molecule has 0 saturated heterocycles. The van der Waals surface area contributed by atoms with E-state index in [-0.39, 0.29) is 22.9 Å². The minimum Gasteiger partial charge on any atom is -0.480 e. The number of aliphatic carboxylic acids is 1. The summed E-state index contributed by atoms with van der Waals surface area (Å²) >= 11 is 1.47. The number of fused-ring (bicyclic) bond motifs is 2. The van der Waals surface area contributed by atoms with Gasteiger partial charge in [-0.05, 0) is 50.9 Å². The van der Waals surface area contributed by atoms with Crippen molar-refractivity contribution in [2.45, 2.75) is 62.4 Å². The molecule has 0 amide bonds. The normalized spacial score (nSPS) is 30.2. The number of carboxylic acid groups (broad SMARTS) is 1. The van der Waals surface area contributed by atoms with E-state index in [1.54, 1.807) is 6.92 Å². The van der Waals surface area contributed by atoms with Gasteiger partial charge in [0, 0.05) is 24.0 Å². The Hall–Kier alpha value is -1.04. The van der Waals surface area contributed by atoms with Crippen LogP contribution in [0, 0.1) is 17.8 Å². The molecule has 2 saturated carbocycles. The number of rotatable bonds is 9. The Labute approximate surface area is 141 Å². The van der Waals surface area contributed by atoms with Gasteiger partial charge in [-0.1, -0.05) is 0 Å².